The van der Waals surface area contributed by atoms with E-state index in [9.17, 15) is 0 Å². The minimum Gasteiger partial charge on any atom is -0.330 e. The smallest absolute Gasteiger partial charge is 0.0208 e. The summed E-state index contributed by atoms with van der Waals surface area (Å²) in [7, 11) is 0. The highest BCUT2D eigenvalue weighted by Crippen LogP contribution is 2.10. The van der Waals surface area contributed by atoms with Crippen LogP contribution in [0.4, 0.5) is 0 Å². The predicted octanol–water partition coefficient (Wildman–Crippen LogP) is 1.99. The van der Waals surface area contributed by atoms with Gasteiger partial charge in [-0.3, -0.25) is 0 Å². The van der Waals surface area contributed by atoms with Crippen molar-refractivity contribution in [1.29, 1.82) is 0 Å². The lowest BCUT2D eigenvalue weighted by Crippen LogP contribution is -2.26. The largest absolute Gasteiger partial charge is 0.330 e. The van der Waals surface area contributed by atoms with Crippen LogP contribution < -0.4 is 11.1 Å². The highest BCUT2D eigenvalue weighted by Gasteiger charge is 2.00. The summed E-state index contributed by atoms with van der Waals surface area (Å²) in [5.41, 5.74) is 9.63. The zero-order valence-electron chi connectivity index (χ0n) is 10.0. The Hall–Kier alpha value is -0.860. The first-order valence-electron chi connectivity index (χ1n) is 5.60. The minimum atomic E-state index is 0.552. The maximum Gasteiger partial charge on any atom is 0.0208 e. The number of rotatable bonds is 5. The third-order valence-electron chi connectivity index (χ3n) is 2.71. The van der Waals surface area contributed by atoms with Crippen molar-refractivity contribution in [2.75, 3.05) is 13.1 Å². The van der Waals surface area contributed by atoms with Gasteiger partial charge in [-0.15, -0.1) is 0 Å². The van der Waals surface area contributed by atoms with E-state index in [2.05, 4.69) is 44.3 Å². The molecule has 0 aromatic heterocycles. The zero-order chi connectivity index (χ0) is 11.3. The summed E-state index contributed by atoms with van der Waals surface area (Å²) < 4.78 is 0. The van der Waals surface area contributed by atoms with E-state index in [4.69, 9.17) is 5.73 Å². The fraction of sp³-hybridized carbons (Fsp3) is 0.538. The van der Waals surface area contributed by atoms with Crippen LogP contribution in [0.25, 0.3) is 0 Å². The van der Waals surface area contributed by atoms with Crippen LogP contribution in [0.15, 0.2) is 18.2 Å². The van der Waals surface area contributed by atoms with Gasteiger partial charge in [-0.25, -0.2) is 0 Å². The Kier molecular flexibility index (Phi) is 4.79. The topological polar surface area (TPSA) is 38.0 Å². The first kappa shape index (κ1) is 12.2. The van der Waals surface area contributed by atoms with Gasteiger partial charge in [0.1, 0.15) is 0 Å². The van der Waals surface area contributed by atoms with Crippen molar-refractivity contribution in [2.24, 2.45) is 11.7 Å². The summed E-state index contributed by atoms with van der Waals surface area (Å²) in [6.07, 6.45) is 0. The van der Waals surface area contributed by atoms with Crippen molar-refractivity contribution in [3.63, 3.8) is 0 Å². The van der Waals surface area contributed by atoms with Crippen LogP contribution in [0.5, 0.6) is 0 Å². The molecule has 0 radical (unpaired) electrons. The molecule has 15 heavy (non-hydrogen) atoms. The molecule has 0 aliphatic rings. The number of aryl methyl sites for hydroxylation is 2. The number of nitrogens with one attached hydrogen (secondary N) is 1. The molecule has 0 spiro atoms. The first-order valence-corrected chi connectivity index (χ1v) is 5.60. The van der Waals surface area contributed by atoms with Crippen molar-refractivity contribution < 1.29 is 0 Å². The number of benzene rings is 1. The average Bonchev–Trinajstić information content (AvgIpc) is 2.21. The molecule has 1 unspecified atom stereocenters. The molecular formula is C13H22N2. The van der Waals surface area contributed by atoms with Crippen LogP contribution >= 0.6 is 0 Å². The lowest BCUT2D eigenvalue weighted by Gasteiger charge is -2.11. The van der Waals surface area contributed by atoms with Gasteiger partial charge < -0.3 is 11.1 Å². The molecule has 1 rings (SSSR count). The second-order valence-electron chi connectivity index (χ2n) is 4.40. The lowest BCUT2D eigenvalue weighted by atomic mass is 10.1. The monoisotopic (exact) mass is 206 g/mol. The molecule has 1 aromatic rings. The van der Waals surface area contributed by atoms with Gasteiger partial charge in [0, 0.05) is 6.54 Å². The Morgan fingerprint density at radius 1 is 1.33 bits per heavy atom. The van der Waals surface area contributed by atoms with E-state index >= 15 is 0 Å². The summed E-state index contributed by atoms with van der Waals surface area (Å²) >= 11 is 0. The molecule has 84 valence electrons. The van der Waals surface area contributed by atoms with Crippen molar-refractivity contribution in [3.05, 3.63) is 34.9 Å². The number of hydrogen-bond acceptors (Lipinski definition) is 2. The molecule has 0 saturated heterocycles. The normalized spacial score (nSPS) is 12.8. The zero-order valence-corrected chi connectivity index (χ0v) is 10.0. The van der Waals surface area contributed by atoms with E-state index in [0.29, 0.717) is 5.92 Å². The summed E-state index contributed by atoms with van der Waals surface area (Å²) in [6, 6.07) is 6.59. The highest BCUT2D eigenvalue weighted by molar-refractivity contribution is 5.30. The van der Waals surface area contributed by atoms with Gasteiger partial charge in [-0.05, 0) is 44.0 Å². The van der Waals surface area contributed by atoms with Crippen LogP contribution in [-0.2, 0) is 6.54 Å². The second-order valence-corrected chi connectivity index (χ2v) is 4.40. The Labute approximate surface area is 92.9 Å². The lowest BCUT2D eigenvalue weighted by molar-refractivity contribution is 0.521. The third kappa shape index (κ3) is 4.02. The van der Waals surface area contributed by atoms with Crippen LogP contribution in [0.2, 0.25) is 0 Å². The molecule has 3 N–H and O–H groups in total. The second kappa shape index (κ2) is 5.89. The van der Waals surface area contributed by atoms with E-state index in [1.165, 1.54) is 16.7 Å². The van der Waals surface area contributed by atoms with Crippen molar-refractivity contribution in [3.8, 4) is 0 Å². The molecule has 0 aliphatic carbocycles. The standard InChI is InChI=1S/C13H22N2/c1-10-4-5-13(12(3)6-10)9-15-8-11(2)7-14/h4-6,11,15H,7-9,14H2,1-3H3. The van der Waals surface area contributed by atoms with Crippen molar-refractivity contribution in [2.45, 2.75) is 27.3 Å². The fourth-order valence-corrected chi connectivity index (χ4v) is 1.58. The molecule has 0 bridgehead atoms. The molecule has 2 heteroatoms. The SMILES string of the molecule is Cc1ccc(CNCC(C)CN)c(C)c1. The van der Waals surface area contributed by atoms with Gasteiger partial charge in [0.15, 0.2) is 0 Å². The van der Waals surface area contributed by atoms with Gasteiger partial charge in [0.25, 0.3) is 0 Å². The number of nitrogens with two attached hydrogens (primary N) is 1. The van der Waals surface area contributed by atoms with Gasteiger partial charge in [-0.1, -0.05) is 30.7 Å². The fourth-order valence-electron chi connectivity index (χ4n) is 1.58. The van der Waals surface area contributed by atoms with Gasteiger partial charge in [0.2, 0.25) is 0 Å². The Morgan fingerprint density at radius 2 is 2.07 bits per heavy atom. The predicted molar refractivity (Wildman–Crippen MR) is 65.8 cm³/mol. The van der Waals surface area contributed by atoms with Crippen LogP contribution in [0, 0.1) is 19.8 Å². The molecule has 0 amide bonds. The van der Waals surface area contributed by atoms with E-state index in [1.54, 1.807) is 0 Å². The van der Waals surface area contributed by atoms with Crippen molar-refractivity contribution >= 4 is 0 Å². The van der Waals surface area contributed by atoms with Crippen LogP contribution in [0.1, 0.15) is 23.6 Å². The number of hydrogen-bond donors (Lipinski definition) is 2. The van der Waals surface area contributed by atoms with Gasteiger partial charge >= 0.3 is 0 Å². The Morgan fingerprint density at radius 3 is 2.67 bits per heavy atom. The third-order valence-corrected chi connectivity index (χ3v) is 2.71. The van der Waals surface area contributed by atoms with E-state index in [1.807, 2.05) is 0 Å². The van der Waals surface area contributed by atoms with E-state index in [0.717, 1.165) is 19.6 Å². The molecule has 1 atom stereocenters. The maximum absolute atomic E-state index is 5.56. The quantitative estimate of drug-likeness (QED) is 0.773. The van der Waals surface area contributed by atoms with Gasteiger partial charge in [0.05, 0.1) is 0 Å². The average molecular weight is 206 g/mol. The molecule has 0 saturated carbocycles. The van der Waals surface area contributed by atoms with Crippen LogP contribution in [0.3, 0.4) is 0 Å². The van der Waals surface area contributed by atoms with Gasteiger partial charge in [-0.2, -0.15) is 0 Å². The van der Waals surface area contributed by atoms with E-state index in [-0.39, 0.29) is 0 Å². The molecule has 0 aliphatic heterocycles. The Bertz CT molecular complexity index is 307. The molecule has 1 aromatic carbocycles. The first-order chi connectivity index (χ1) is 7.13. The van der Waals surface area contributed by atoms with Crippen molar-refractivity contribution in [1.82, 2.24) is 5.32 Å². The summed E-state index contributed by atoms with van der Waals surface area (Å²) in [5.74, 6) is 0.552. The highest BCUT2D eigenvalue weighted by atomic mass is 14.9. The minimum absolute atomic E-state index is 0.552. The molecule has 0 heterocycles. The maximum atomic E-state index is 5.56. The summed E-state index contributed by atoms with van der Waals surface area (Å²) in [5, 5.41) is 3.43. The molecule has 2 nitrogen and oxygen atoms in total. The molecular weight excluding hydrogens is 184 g/mol. The molecule has 0 fully saturated rings. The summed E-state index contributed by atoms with van der Waals surface area (Å²) in [4.78, 5) is 0. The van der Waals surface area contributed by atoms with E-state index < -0.39 is 0 Å². The summed E-state index contributed by atoms with van der Waals surface area (Å²) in [6.45, 7) is 9.13. The van der Waals surface area contributed by atoms with Crippen LogP contribution in [-0.4, -0.2) is 13.1 Å². The Balaban J connectivity index is 2.44.